The van der Waals surface area contributed by atoms with Crippen molar-refractivity contribution in [1.82, 2.24) is 0 Å². The number of rotatable bonds is 4. The molecule has 0 aliphatic carbocycles. The quantitative estimate of drug-likeness (QED) is 0.900. The van der Waals surface area contributed by atoms with Crippen molar-refractivity contribution in [2.45, 2.75) is 65.5 Å². The molecule has 2 N–H and O–H groups in total. The molecule has 2 nitrogen and oxygen atoms in total. The van der Waals surface area contributed by atoms with E-state index < -0.39 is 0 Å². The Morgan fingerprint density at radius 1 is 1.30 bits per heavy atom. The lowest BCUT2D eigenvalue weighted by molar-refractivity contribution is 0.330. The van der Waals surface area contributed by atoms with E-state index in [4.69, 9.17) is 5.73 Å². The van der Waals surface area contributed by atoms with Gasteiger partial charge in [0.1, 0.15) is 0 Å². The number of benzene rings is 1. The number of hydrogen-bond acceptors (Lipinski definition) is 2. The summed E-state index contributed by atoms with van der Waals surface area (Å²) in [4.78, 5) is 2.56. The molecule has 2 rings (SSSR count). The van der Waals surface area contributed by atoms with Crippen LogP contribution in [0.4, 0.5) is 5.69 Å². The van der Waals surface area contributed by atoms with Crippen molar-refractivity contribution < 1.29 is 0 Å². The van der Waals surface area contributed by atoms with E-state index in [1.165, 1.54) is 24.1 Å². The molecule has 2 heteroatoms. The van der Waals surface area contributed by atoms with Crippen LogP contribution < -0.4 is 10.6 Å². The molecule has 2 atom stereocenters. The van der Waals surface area contributed by atoms with Gasteiger partial charge in [0.15, 0.2) is 0 Å². The predicted octanol–water partition coefficient (Wildman–Crippen LogP) is 3.98. The van der Waals surface area contributed by atoms with E-state index in [0.29, 0.717) is 17.5 Å². The topological polar surface area (TPSA) is 29.3 Å². The normalized spacial score (nSPS) is 20.6. The zero-order chi connectivity index (χ0) is 14.8. The van der Waals surface area contributed by atoms with Gasteiger partial charge in [-0.3, -0.25) is 0 Å². The third-order valence-corrected chi connectivity index (χ3v) is 4.28. The summed E-state index contributed by atoms with van der Waals surface area (Å²) in [5.74, 6) is 0. The summed E-state index contributed by atoms with van der Waals surface area (Å²) in [5.41, 5.74) is 9.56. The number of nitrogens with zero attached hydrogens (tertiary/aromatic N) is 1. The molecule has 0 bridgehead atoms. The second-order valence-corrected chi connectivity index (χ2v) is 7.52. The van der Waals surface area contributed by atoms with Crippen LogP contribution in [0.15, 0.2) is 24.3 Å². The van der Waals surface area contributed by atoms with E-state index in [-0.39, 0.29) is 0 Å². The highest BCUT2D eigenvalue weighted by Gasteiger charge is 2.23. The van der Waals surface area contributed by atoms with Crippen LogP contribution in [-0.2, 0) is 6.42 Å². The Bertz CT molecular complexity index is 433. The number of anilines is 1. The molecular weight excluding hydrogens is 244 g/mol. The van der Waals surface area contributed by atoms with Gasteiger partial charge in [-0.15, -0.1) is 0 Å². The summed E-state index contributed by atoms with van der Waals surface area (Å²) >= 11 is 0. The number of hydrogen-bond donors (Lipinski definition) is 1. The molecule has 0 fully saturated rings. The second-order valence-electron chi connectivity index (χ2n) is 7.52. The van der Waals surface area contributed by atoms with Crippen molar-refractivity contribution in [3.05, 3.63) is 29.8 Å². The standard InChI is InChI=1S/C18H30N2/c1-14-9-10-15-7-5-6-8-17(15)20(14)12-11-16(19)13-18(2,3)4/h5-8,14,16H,9-13,19H2,1-4H3. The maximum atomic E-state index is 6.32. The molecule has 1 aliphatic heterocycles. The molecule has 0 aromatic heterocycles. The van der Waals surface area contributed by atoms with Crippen LogP contribution in [0.3, 0.4) is 0 Å². The van der Waals surface area contributed by atoms with Gasteiger partial charge in [0, 0.05) is 24.3 Å². The maximum absolute atomic E-state index is 6.32. The maximum Gasteiger partial charge on any atom is 0.0401 e. The van der Waals surface area contributed by atoms with Gasteiger partial charge in [-0.05, 0) is 49.7 Å². The third kappa shape index (κ3) is 3.99. The highest BCUT2D eigenvalue weighted by molar-refractivity contribution is 5.56. The molecule has 0 saturated carbocycles. The van der Waals surface area contributed by atoms with Crippen molar-refractivity contribution in [2.24, 2.45) is 11.1 Å². The first-order valence-corrected chi connectivity index (χ1v) is 7.97. The van der Waals surface area contributed by atoms with E-state index in [2.05, 4.69) is 56.9 Å². The van der Waals surface area contributed by atoms with Crippen LogP contribution in [0.5, 0.6) is 0 Å². The molecule has 20 heavy (non-hydrogen) atoms. The average Bonchev–Trinajstić information content (AvgIpc) is 2.35. The lowest BCUT2D eigenvalue weighted by Crippen LogP contribution is -2.40. The molecule has 0 amide bonds. The van der Waals surface area contributed by atoms with Gasteiger partial charge in [0.25, 0.3) is 0 Å². The molecule has 0 spiro atoms. The monoisotopic (exact) mass is 274 g/mol. The Labute approximate surface area is 124 Å². The number of para-hydroxylation sites is 1. The first-order chi connectivity index (χ1) is 9.37. The van der Waals surface area contributed by atoms with Crippen LogP contribution in [0.1, 0.15) is 52.5 Å². The lowest BCUT2D eigenvalue weighted by Gasteiger charge is -2.38. The van der Waals surface area contributed by atoms with Gasteiger partial charge in [0.2, 0.25) is 0 Å². The summed E-state index contributed by atoms with van der Waals surface area (Å²) in [6.45, 7) is 10.2. The SMILES string of the molecule is CC1CCc2ccccc2N1CCC(N)CC(C)(C)C. The summed E-state index contributed by atoms with van der Waals surface area (Å²) < 4.78 is 0. The van der Waals surface area contributed by atoms with Crippen molar-refractivity contribution in [2.75, 3.05) is 11.4 Å². The van der Waals surface area contributed by atoms with Gasteiger partial charge >= 0.3 is 0 Å². The van der Waals surface area contributed by atoms with E-state index in [1.54, 1.807) is 0 Å². The Morgan fingerprint density at radius 3 is 2.70 bits per heavy atom. The van der Waals surface area contributed by atoms with Crippen LogP contribution in [-0.4, -0.2) is 18.6 Å². The zero-order valence-electron chi connectivity index (χ0n) is 13.5. The average molecular weight is 274 g/mol. The van der Waals surface area contributed by atoms with Crippen LogP contribution in [0, 0.1) is 5.41 Å². The molecule has 0 saturated heterocycles. The van der Waals surface area contributed by atoms with Gasteiger partial charge in [-0.2, -0.15) is 0 Å². The Morgan fingerprint density at radius 2 is 2.00 bits per heavy atom. The van der Waals surface area contributed by atoms with Crippen molar-refractivity contribution in [3.8, 4) is 0 Å². The van der Waals surface area contributed by atoms with Crippen LogP contribution >= 0.6 is 0 Å². The molecule has 112 valence electrons. The molecule has 1 heterocycles. The van der Waals surface area contributed by atoms with E-state index >= 15 is 0 Å². The van der Waals surface area contributed by atoms with E-state index in [1.807, 2.05) is 0 Å². The fourth-order valence-electron chi connectivity index (χ4n) is 3.29. The minimum absolute atomic E-state index is 0.302. The first kappa shape index (κ1) is 15.4. The summed E-state index contributed by atoms with van der Waals surface area (Å²) in [6.07, 6.45) is 4.64. The van der Waals surface area contributed by atoms with Crippen molar-refractivity contribution >= 4 is 5.69 Å². The summed E-state index contributed by atoms with van der Waals surface area (Å²) in [5, 5.41) is 0. The van der Waals surface area contributed by atoms with Gasteiger partial charge in [-0.1, -0.05) is 39.0 Å². The second kappa shape index (κ2) is 6.17. The van der Waals surface area contributed by atoms with Crippen LogP contribution in [0.25, 0.3) is 0 Å². The number of fused-ring (bicyclic) bond motifs is 1. The molecule has 0 radical (unpaired) electrons. The Kier molecular flexibility index (Phi) is 4.74. The third-order valence-electron chi connectivity index (χ3n) is 4.28. The molecule has 1 aromatic rings. The minimum Gasteiger partial charge on any atom is -0.369 e. The first-order valence-electron chi connectivity index (χ1n) is 7.97. The van der Waals surface area contributed by atoms with Gasteiger partial charge in [-0.25, -0.2) is 0 Å². The fraction of sp³-hybridized carbons (Fsp3) is 0.667. The van der Waals surface area contributed by atoms with E-state index in [9.17, 15) is 0 Å². The largest absolute Gasteiger partial charge is 0.369 e. The smallest absolute Gasteiger partial charge is 0.0401 e. The lowest BCUT2D eigenvalue weighted by atomic mass is 9.87. The highest BCUT2D eigenvalue weighted by atomic mass is 15.2. The fourth-order valence-corrected chi connectivity index (χ4v) is 3.29. The number of aryl methyl sites for hydroxylation is 1. The predicted molar refractivity (Wildman–Crippen MR) is 88.2 cm³/mol. The zero-order valence-corrected chi connectivity index (χ0v) is 13.5. The summed E-state index contributed by atoms with van der Waals surface area (Å²) in [7, 11) is 0. The molecule has 2 unspecified atom stereocenters. The Hall–Kier alpha value is -1.02. The van der Waals surface area contributed by atoms with Crippen molar-refractivity contribution in [1.29, 1.82) is 0 Å². The minimum atomic E-state index is 0.302. The summed E-state index contributed by atoms with van der Waals surface area (Å²) in [6, 6.07) is 9.77. The Balaban J connectivity index is 1.99. The molecular formula is C18H30N2. The molecule has 1 aromatic carbocycles. The van der Waals surface area contributed by atoms with Gasteiger partial charge in [0.05, 0.1) is 0 Å². The van der Waals surface area contributed by atoms with Crippen molar-refractivity contribution in [3.63, 3.8) is 0 Å². The highest BCUT2D eigenvalue weighted by Crippen LogP contribution is 2.31. The molecule has 1 aliphatic rings. The van der Waals surface area contributed by atoms with E-state index in [0.717, 1.165) is 19.4 Å². The van der Waals surface area contributed by atoms with Gasteiger partial charge < -0.3 is 10.6 Å². The van der Waals surface area contributed by atoms with Crippen LogP contribution in [0.2, 0.25) is 0 Å². The number of nitrogens with two attached hydrogens (primary N) is 1.